The number of hydrogen-bond acceptors (Lipinski definition) is 3. The van der Waals surface area contributed by atoms with Gasteiger partial charge in [0.15, 0.2) is 9.84 Å². The van der Waals surface area contributed by atoms with Crippen molar-refractivity contribution in [2.45, 2.75) is 56.1 Å². The van der Waals surface area contributed by atoms with Gasteiger partial charge in [-0.3, -0.25) is 0 Å². The van der Waals surface area contributed by atoms with Crippen molar-refractivity contribution in [3.05, 3.63) is 35.4 Å². The van der Waals surface area contributed by atoms with E-state index in [4.69, 9.17) is 0 Å². The van der Waals surface area contributed by atoms with Gasteiger partial charge in [0.1, 0.15) is 0 Å². The highest BCUT2D eigenvalue weighted by molar-refractivity contribution is 7.92. The molecule has 20 heavy (non-hydrogen) atoms. The quantitative estimate of drug-likeness (QED) is 0.908. The molecule has 112 valence electrons. The van der Waals surface area contributed by atoms with Crippen LogP contribution in [-0.4, -0.2) is 26.0 Å². The number of nitrogens with one attached hydrogen (secondary N) is 1. The molecule has 1 N–H and O–H groups in total. The third kappa shape index (κ3) is 3.07. The molecule has 1 aromatic carbocycles. The van der Waals surface area contributed by atoms with Gasteiger partial charge in [-0.2, -0.15) is 0 Å². The molecule has 0 radical (unpaired) electrons. The summed E-state index contributed by atoms with van der Waals surface area (Å²) in [5.41, 5.74) is 2.24. The molecule has 0 saturated heterocycles. The molecule has 0 spiro atoms. The topological polar surface area (TPSA) is 46.2 Å². The zero-order valence-electron chi connectivity index (χ0n) is 12.6. The molecule has 1 aliphatic carbocycles. The molecule has 2 unspecified atom stereocenters. The van der Waals surface area contributed by atoms with Crippen molar-refractivity contribution in [1.82, 2.24) is 5.32 Å². The molecule has 0 heterocycles. The summed E-state index contributed by atoms with van der Waals surface area (Å²) < 4.78 is 25.5. The van der Waals surface area contributed by atoms with E-state index in [1.165, 1.54) is 5.56 Å². The van der Waals surface area contributed by atoms with E-state index < -0.39 is 15.1 Å². The van der Waals surface area contributed by atoms with Gasteiger partial charge in [-0.1, -0.05) is 42.7 Å². The van der Waals surface area contributed by atoms with Gasteiger partial charge in [-0.25, -0.2) is 8.42 Å². The van der Waals surface area contributed by atoms with E-state index in [2.05, 4.69) is 5.32 Å². The molecule has 2 rings (SSSR count). The molecule has 2 atom stereocenters. The molecule has 0 aliphatic heterocycles. The summed E-state index contributed by atoms with van der Waals surface area (Å²) in [7, 11) is -1.23. The first-order valence-electron chi connectivity index (χ1n) is 7.43. The molecule has 4 heteroatoms. The van der Waals surface area contributed by atoms with Gasteiger partial charge in [0.2, 0.25) is 0 Å². The van der Waals surface area contributed by atoms with Crippen LogP contribution in [0.4, 0.5) is 0 Å². The molecular weight excluding hydrogens is 270 g/mol. The molecule has 1 aliphatic rings. The van der Waals surface area contributed by atoms with E-state index >= 15 is 0 Å². The highest BCUT2D eigenvalue weighted by Gasteiger charge is 2.37. The Morgan fingerprint density at radius 2 is 1.70 bits per heavy atom. The van der Waals surface area contributed by atoms with E-state index in [0.29, 0.717) is 0 Å². The van der Waals surface area contributed by atoms with E-state index in [1.54, 1.807) is 0 Å². The van der Waals surface area contributed by atoms with Crippen LogP contribution in [0.15, 0.2) is 24.3 Å². The lowest BCUT2D eigenvalue weighted by atomic mass is 10.0. The Hall–Kier alpha value is -0.870. The van der Waals surface area contributed by atoms with Crippen LogP contribution in [0.1, 0.15) is 49.8 Å². The lowest BCUT2D eigenvalue weighted by Crippen LogP contribution is -2.38. The smallest absolute Gasteiger partial charge is 0.157 e. The molecule has 1 aromatic rings. The van der Waals surface area contributed by atoms with Gasteiger partial charge in [-0.15, -0.1) is 0 Å². The van der Waals surface area contributed by atoms with Gasteiger partial charge in [-0.05, 0) is 39.3 Å². The van der Waals surface area contributed by atoms with E-state index in [0.717, 1.165) is 31.2 Å². The van der Waals surface area contributed by atoms with Gasteiger partial charge >= 0.3 is 0 Å². The largest absolute Gasteiger partial charge is 0.312 e. The van der Waals surface area contributed by atoms with Crippen molar-refractivity contribution in [2.24, 2.45) is 0 Å². The summed E-state index contributed by atoms with van der Waals surface area (Å²) in [4.78, 5) is 0. The maximum absolute atomic E-state index is 12.7. The maximum Gasteiger partial charge on any atom is 0.157 e. The Morgan fingerprint density at radius 1 is 1.15 bits per heavy atom. The van der Waals surface area contributed by atoms with Crippen LogP contribution in [0.5, 0.6) is 0 Å². The van der Waals surface area contributed by atoms with Crippen LogP contribution in [0.3, 0.4) is 0 Å². The minimum atomic E-state index is -3.07. The van der Waals surface area contributed by atoms with E-state index in [1.807, 2.05) is 45.2 Å². The third-order valence-electron chi connectivity index (χ3n) is 4.50. The minimum Gasteiger partial charge on any atom is -0.312 e. The Bertz CT molecular complexity index is 530. The average Bonchev–Trinajstić information content (AvgIpc) is 2.96. The maximum atomic E-state index is 12.7. The van der Waals surface area contributed by atoms with Crippen molar-refractivity contribution in [3.63, 3.8) is 0 Å². The standard InChI is InChI=1S/C16H25NO2S/c1-12-8-10-14(11-9-12)16(17-3)13(2)20(18,19)15-6-4-5-7-15/h8-11,13,15-17H,4-7H2,1-3H3. The zero-order valence-corrected chi connectivity index (χ0v) is 13.4. The van der Waals surface area contributed by atoms with E-state index in [9.17, 15) is 8.42 Å². The zero-order chi connectivity index (χ0) is 14.8. The van der Waals surface area contributed by atoms with Crippen molar-refractivity contribution in [1.29, 1.82) is 0 Å². The fourth-order valence-corrected chi connectivity index (χ4v) is 5.43. The van der Waals surface area contributed by atoms with Crippen molar-refractivity contribution < 1.29 is 8.42 Å². The fourth-order valence-electron chi connectivity index (χ4n) is 3.16. The minimum absolute atomic E-state index is 0.138. The van der Waals surface area contributed by atoms with Crippen molar-refractivity contribution in [3.8, 4) is 0 Å². The molecule has 1 fully saturated rings. The average molecular weight is 295 g/mol. The number of aryl methyl sites for hydroxylation is 1. The highest BCUT2D eigenvalue weighted by Crippen LogP contribution is 2.32. The Labute approximate surface area is 122 Å². The van der Waals surface area contributed by atoms with Crippen LogP contribution in [0.25, 0.3) is 0 Å². The van der Waals surface area contributed by atoms with Crippen molar-refractivity contribution in [2.75, 3.05) is 7.05 Å². The Balaban J connectivity index is 2.24. The normalized spacial score (nSPS) is 19.9. The first-order chi connectivity index (χ1) is 9.46. The highest BCUT2D eigenvalue weighted by atomic mass is 32.2. The molecule has 0 amide bonds. The number of benzene rings is 1. The van der Waals surface area contributed by atoms with Gasteiger partial charge in [0, 0.05) is 6.04 Å². The van der Waals surface area contributed by atoms with E-state index in [-0.39, 0.29) is 11.3 Å². The molecular formula is C16H25NO2S. The predicted octanol–water partition coefficient (Wildman–Crippen LogP) is 3.00. The SMILES string of the molecule is CNC(c1ccc(C)cc1)C(C)S(=O)(=O)C1CCCC1. The summed E-state index contributed by atoms with van der Waals surface area (Å²) in [5.74, 6) is 0. The van der Waals surface area contributed by atoms with Gasteiger partial charge in [0.05, 0.1) is 10.5 Å². The fraction of sp³-hybridized carbons (Fsp3) is 0.625. The van der Waals surface area contributed by atoms with Crippen LogP contribution in [0.2, 0.25) is 0 Å². The molecule has 0 bridgehead atoms. The summed E-state index contributed by atoms with van der Waals surface area (Å²) in [6.45, 7) is 3.88. The first-order valence-corrected chi connectivity index (χ1v) is 9.04. The first kappa shape index (κ1) is 15.5. The summed E-state index contributed by atoms with van der Waals surface area (Å²) in [6, 6.07) is 7.98. The summed E-state index contributed by atoms with van der Waals surface area (Å²) >= 11 is 0. The lowest BCUT2D eigenvalue weighted by Gasteiger charge is -2.26. The Morgan fingerprint density at radius 3 is 2.20 bits per heavy atom. The number of rotatable bonds is 5. The second-order valence-corrected chi connectivity index (χ2v) is 8.47. The van der Waals surface area contributed by atoms with Gasteiger partial charge in [0.25, 0.3) is 0 Å². The van der Waals surface area contributed by atoms with Crippen LogP contribution in [0, 0.1) is 6.92 Å². The number of hydrogen-bond donors (Lipinski definition) is 1. The summed E-state index contributed by atoms with van der Waals surface area (Å²) in [6.07, 6.45) is 3.75. The molecule has 3 nitrogen and oxygen atoms in total. The van der Waals surface area contributed by atoms with Gasteiger partial charge < -0.3 is 5.32 Å². The number of sulfone groups is 1. The van der Waals surface area contributed by atoms with Crippen molar-refractivity contribution >= 4 is 9.84 Å². The Kier molecular flexibility index (Phi) is 4.86. The van der Waals surface area contributed by atoms with Crippen LogP contribution >= 0.6 is 0 Å². The monoisotopic (exact) mass is 295 g/mol. The van der Waals surface area contributed by atoms with Crippen LogP contribution < -0.4 is 5.32 Å². The van der Waals surface area contributed by atoms with Crippen LogP contribution in [-0.2, 0) is 9.84 Å². The second-order valence-electron chi connectivity index (χ2n) is 5.88. The lowest BCUT2D eigenvalue weighted by molar-refractivity contribution is 0.520. The molecule has 1 saturated carbocycles. The second kappa shape index (κ2) is 6.27. The predicted molar refractivity (Wildman–Crippen MR) is 83.6 cm³/mol. The summed E-state index contributed by atoms with van der Waals surface area (Å²) in [5, 5.41) is 2.66. The third-order valence-corrected chi connectivity index (χ3v) is 7.21. The molecule has 0 aromatic heterocycles.